The molecule has 1 N–H and O–H groups in total. The molecule has 8 nitrogen and oxygen atoms in total. The maximum Gasteiger partial charge on any atom is 0.314 e. The molecule has 0 atom stereocenters. The Balaban J connectivity index is 0.000000179. The zero-order valence-corrected chi connectivity index (χ0v) is 18.1. The predicted molar refractivity (Wildman–Crippen MR) is 112 cm³/mol. The molecule has 1 aliphatic heterocycles. The van der Waals surface area contributed by atoms with Crippen molar-refractivity contribution in [2.24, 2.45) is 0 Å². The lowest BCUT2D eigenvalue weighted by molar-refractivity contribution is 0.116. The van der Waals surface area contributed by atoms with Gasteiger partial charge in [-0.15, -0.1) is 10.2 Å². The number of pyridine rings is 1. The summed E-state index contributed by atoms with van der Waals surface area (Å²) in [6.45, 7) is 6.18. The molecule has 0 amide bonds. The van der Waals surface area contributed by atoms with Crippen molar-refractivity contribution in [3.8, 4) is 11.5 Å². The molecule has 3 aromatic rings. The Morgan fingerprint density at radius 2 is 1.87 bits per heavy atom. The fraction of sp³-hybridized carbons (Fsp3) is 0.350. The predicted octanol–water partition coefficient (Wildman–Crippen LogP) is 3.85. The van der Waals surface area contributed by atoms with Crippen molar-refractivity contribution in [3.05, 3.63) is 59.7 Å². The van der Waals surface area contributed by atoms with Crippen molar-refractivity contribution < 1.29 is 21.6 Å². The quantitative estimate of drug-likeness (QED) is 0.629. The number of anilines is 1. The van der Waals surface area contributed by atoms with Crippen LogP contribution in [-0.2, 0) is 23.1 Å². The zero-order valence-electron chi connectivity index (χ0n) is 17.3. The van der Waals surface area contributed by atoms with Crippen LogP contribution < -0.4 is 4.72 Å². The molecule has 0 radical (unpaired) electrons. The first-order valence-corrected chi connectivity index (χ1v) is 11.4. The lowest BCUT2D eigenvalue weighted by Gasteiger charge is -2.18. The van der Waals surface area contributed by atoms with Crippen molar-refractivity contribution in [2.75, 3.05) is 11.0 Å². The lowest BCUT2D eigenvalue weighted by atomic mass is 10.1. The second-order valence-corrected chi connectivity index (χ2v) is 9.09. The molecule has 11 heteroatoms. The maximum atomic E-state index is 12.1. The highest BCUT2D eigenvalue weighted by Crippen LogP contribution is 2.27. The number of aromatic nitrogens is 3. The number of hydrogen-bond acceptors (Lipinski definition) is 7. The van der Waals surface area contributed by atoms with Gasteiger partial charge >= 0.3 is 6.43 Å². The van der Waals surface area contributed by atoms with E-state index in [1.165, 1.54) is 23.6 Å². The number of fused-ring (bicyclic) bond motifs is 1. The van der Waals surface area contributed by atoms with Crippen LogP contribution in [0.1, 0.15) is 37.3 Å². The van der Waals surface area contributed by atoms with Crippen LogP contribution in [0.3, 0.4) is 0 Å². The van der Waals surface area contributed by atoms with Gasteiger partial charge in [0, 0.05) is 37.2 Å². The first-order valence-electron chi connectivity index (χ1n) is 9.48. The fourth-order valence-corrected chi connectivity index (χ4v) is 3.55. The summed E-state index contributed by atoms with van der Waals surface area (Å²) >= 11 is 0. The second kappa shape index (κ2) is 9.48. The Bertz CT molecular complexity index is 1120. The molecule has 31 heavy (non-hydrogen) atoms. The number of halogens is 2. The monoisotopic (exact) mass is 451 g/mol. The molecule has 1 aromatic carbocycles. The number of nitrogens with zero attached hydrogens (tertiary/aromatic N) is 4. The van der Waals surface area contributed by atoms with Crippen LogP contribution in [0.2, 0.25) is 0 Å². The third kappa shape index (κ3) is 6.28. The first-order chi connectivity index (χ1) is 14.6. The Morgan fingerprint density at radius 3 is 2.45 bits per heavy atom. The van der Waals surface area contributed by atoms with Crippen molar-refractivity contribution in [3.63, 3.8) is 0 Å². The Morgan fingerprint density at radius 1 is 1.13 bits per heavy atom. The summed E-state index contributed by atoms with van der Waals surface area (Å²) in [4.78, 5) is 6.16. The Hall–Kier alpha value is -2.92. The van der Waals surface area contributed by atoms with Gasteiger partial charge in [0.15, 0.2) is 0 Å². The molecule has 3 heterocycles. The van der Waals surface area contributed by atoms with E-state index in [1.54, 1.807) is 18.3 Å². The SMILES string of the molecule is CC(C)N1Cc2ccc(NS(C)(=O)=O)cc2C1.FC(F)c1nnc(-c2cccnc2)o1. The van der Waals surface area contributed by atoms with Crippen LogP contribution in [0.5, 0.6) is 0 Å². The van der Waals surface area contributed by atoms with Gasteiger partial charge in [0.05, 0.1) is 11.8 Å². The summed E-state index contributed by atoms with van der Waals surface area (Å²) < 4.78 is 53.7. The van der Waals surface area contributed by atoms with Gasteiger partial charge in [-0.2, -0.15) is 8.78 Å². The Labute approximate surface area is 179 Å². The molecule has 166 valence electrons. The second-order valence-electron chi connectivity index (χ2n) is 7.34. The standard InChI is InChI=1S/C12H18N2O2S.C8H5F2N3O/c1-9(2)14-7-10-4-5-12(6-11(10)8-14)13-17(3,15)16;9-6(10)8-13-12-7(14-8)5-2-1-3-11-4-5/h4-6,9,13H,7-8H2,1-3H3;1-4,6H. The van der Waals surface area contributed by atoms with Gasteiger partial charge < -0.3 is 4.42 Å². The summed E-state index contributed by atoms with van der Waals surface area (Å²) in [6, 6.07) is 9.57. The Kier molecular flexibility index (Phi) is 6.96. The van der Waals surface area contributed by atoms with Crippen molar-refractivity contribution in [1.82, 2.24) is 20.1 Å². The summed E-state index contributed by atoms with van der Waals surface area (Å²) in [5, 5.41) is 6.67. The number of benzene rings is 1. The number of nitrogens with one attached hydrogen (secondary N) is 1. The molecule has 2 aromatic heterocycles. The van der Waals surface area contributed by atoms with E-state index in [9.17, 15) is 17.2 Å². The number of hydrogen-bond donors (Lipinski definition) is 1. The molecule has 0 saturated carbocycles. The maximum absolute atomic E-state index is 12.1. The van der Waals surface area contributed by atoms with Gasteiger partial charge in [-0.05, 0) is 49.2 Å². The minimum Gasteiger partial charge on any atom is -0.415 e. The van der Waals surface area contributed by atoms with Gasteiger partial charge in [0.1, 0.15) is 0 Å². The molecule has 0 unspecified atom stereocenters. The average molecular weight is 451 g/mol. The molecule has 4 rings (SSSR count). The van der Waals surface area contributed by atoms with Gasteiger partial charge in [-0.25, -0.2) is 8.42 Å². The van der Waals surface area contributed by atoms with Crippen molar-refractivity contribution >= 4 is 15.7 Å². The highest BCUT2D eigenvalue weighted by molar-refractivity contribution is 7.92. The largest absolute Gasteiger partial charge is 0.415 e. The van der Waals surface area contributed by atoms with E-state index in [0.29, 0.717) is 17.3 Å². The van der Waals surface area contributed by atoms with E-state index in [2.05, 4.69) is 38.7 Å². The van der Waals surface area contributed by atoms with Crippen molar-refractivity contribution in [2.45, 2.75) is 39.4 Å². The van der Waals surface area contributed by atoms with E-state index < -0.39 is 22.3 Å². The molecule has 1 aliphatic rings. The molecular weight excluding hydrogens is 428 g/mol. The molecule has 0 saturated heterocycles. The van der Waals surface area contributed by atoms with Gasteiger partial charge in [-0.3, -0.25) is 14.6 Å². The van der Waals surface area contributed by atoms with Gasteiger partial charge in [-0.1, -0.05) is 6.07 Å². The minimum absolute atomic E-state index is 0.0494. The molecule has 0 aliphatic carbocycles. The third-order valence-corrected chi connectivity index (χ3v) is 5.13. The zero-order chi connectivity index (χ0) is 22.6. The van der Waals surface area contributed by atoms with Crippen molar-refractivity contribution in [1.29, 1.82) is 0 Å². The van der Waals surface area contributed by atoms with Crippen LogP contribution in [0.4, 0.5) is 14.5 Å². The van der Waals surface area contributed by atoms with Crippen LogP contribution in [0.15, 0.2) is 47.1 Å². The van der Waals surface area contributed by atoms with Crippen LogP contribution in [0, 0.1) is 0 Å². The summed E-state index contributed by atoms with van der Waals surface area (Å²) in [6.07, 6.45) is 1.45. The molecule has 0 fully saturated rings. The minimum atomic E-state index is -3.19. The summed E-state index contributed by atoms with van der Waals surface area (Å²) in [7, 11) is -3.19. The smallest absolute Gasteiger partial charge is 0.314 e. The topological polar surface area (TPSA) is 101 Å². The fourth-order valence-electron chi connectivity index (χ4n) is 2.99. The van der Waals surface area contributed by atoms with Crippen LogP contribution >= 0.6 is 0 Å². The molecular formula is C20H23F2N5O3S. The highest BCUT2D eigenvalue weighted by Gasteiger charge is 2.21. The van der Waals surface area contributed by atoms with Crippen LogP contribution in [0.25, 0.3) is 11.5 Å². The highest BCUT2D eigenvalue weighted by atomic mass is 32.2. The van der Waals surface area contributed by atoms with E-state index in [0.717, 1.165) is 13.1 Å². The average Bonchev–Trinajstić information content (AvgIpc) is 3.35. The summed E-state index contributed by atoms with van der Waals surface area (Å²) in [5.74, 6) is -0.628. The third-order valence-electron chi connectivity index (χ3n) is 4.52. The van der Waals surface area contributed by atoms with Crippen LogP contribution in [-0.4, -0.2) is 40.8 Å². The summed E-state index contributed by atoms with van der Waals surface area (Å²) in [5.41, 5.74) is 3.67. The number of alkyl halides is 2. The number of rotatable bonds is 5. The lowest BCUT2D eigenvalue weighted by Crippen LogP contribution is -2.24. The van der Waals surface area contributed by atoms with E-state index in [4.69, 9.17) is 4.42 Å². The first kappa shape index (κ1) is 22.8. The van der Waals surface area contributed by atoms with E-state index in [1.807, 2.05) is 18.2 Å². The molecule has 0 bridgehead atoms. The van der Waals surface area contributed by atoms with Gasteiger partial charge in [0.2, 0.25) is 15.9 Å². The number of sulfonamides is 1. The van der Waals surface area contributed by atoms with E-state index in [-0.39, 0.29) is 5.89 Å². The van der Waals surface area contributed by atoms with E-state index >= 15 is 0 Å². The molecule has 0 spiro atoms. The van der Waals surface area contributed by atoms with Gasteiger partial charge in [0.25, 0.3) is 5.89 Å². The normalized spacial score (nSPS) is 13.8.